The minimum absolute atomic E-state index is 0.0581. The molecule has 0 amide bonds. The van der Waals surface area contributed by atoms with Gasteiger partial charge in [-0.1, -0.05) is 20.8 Å². The highest BCUT2D eigenvalue weighted by Gasteiger charge is 2.21. The van der Waals surface area contributed by atoms with Crippen LogP contribution in [-0.2, 0) is 0 Å². The number of aliphatic hydroxyl groups is 1. The zero-order valence-electron chi connectivity index (χ0n) is 22.0. The second kappa shape index (κ2) is 9.28. The van der Waals surface area contributed by atoms with E-state index in [1.165, 1.54) is 0 Å². The maximum Gasteiger partial charge on any atom is 0.166 e. The zero-order valence-corrected chi connectivity index (χ0v) is 22.0. The van der Waals surface area contributed by atoms with E-state index in [9.17, 15) is 5.11 Å². The van der Waals surface area contributed by atoms with Crippen LogP contribution >= 0.6 is 0 Å². The molecular weight excluding hydrogens is 497 g/mol. The average Bonchev–Trinajstić information content (AvgIpc) is 3.60. The Morgan fingerprint density at radius 2 is 1.97 bits per heavy atom. The smallest absolute Gasteiger partial charge is 0.166 e. The van der Waals surface area contributed by atoms with Crippen molar-refractivity contribution in [2.45, 2.75) is 40.3 Å². The summed E-state index contributed by atoms with van der Waals surface area (Å²) < 4.78 is 17.9. The minimum atomic E-state index is -0.756. The number of benzene rings is 1. The molecule has 5 aromatic heterocycles. The van der Waals surface area contributed by atoms with Crippen LogP contribution in [0.25, 0.3) is 50.4 Å². The molecule has 198 valence electrons. The lowest BCUT2D eigenvalue weighted by Gasteiger charge is -2.23. The first-order chi connectivity index (χ1) is 18.7. The number of aliphatic hydroxyl groups excluding tert-OH is 1. The van der Waals surface area contributed by atoms with E-state index >= 15 is 4.39 Å². The second-order valence-corrected chi connectivity index (χ2v) is 10.8. The van der Waals surface area contributed by atoms with Gasteiger partial charge in [-0.15, -0.1) is 0 Å². The summed E-state index contributed by atoms with van der Waals surface area (Å²) in [4.78, 5) is 21.0. The third kappa shape index (κ3) is 4.72. The molecular formula is C28H28FN9O. The molecule has 0 bridgehead atoms. The molecule has 0 aliphatic rings. The van der Waals surface area contributed by atoms with Gasteiger partial charge >= 0.3 is 0 Å². The number of rotatable bonds is 6. The Morgan fingerprint density at radius 3 is 2.74 bits per heavy atom. The predicted octanol–water partition coefficient (Wildman–Crippen LogP) is 5.36. The molecule has 0 saturated carbocycles. The maximum absolute atomic E-state index is 16.1. The lowest BCUT2D eigenvalue weighted by molar-refractivity contribution is 0.145. The fourth-order valence-electron chi connectivity index (χ4n) is 4.72. The number of fused-ring (bicyclic) bond motifs is 2. The van der Waals surface area contributed by atoms with Gasteiger partial charge in [0, 0.05) is 29.7 Å². The number of nitrogens with zero attached hydrogens (tertiary/aromatic N) is 6. The van der Waals surface area contributed by atoms with Crippen molar-refractivity contribution < 1.29 is 9.50 Å². The number of aromatic nitrogens is 8. The van der Waals surface area contributed by atoms with Gasteiger partial charge in [-0.3, -0.25) is 14.6 Å². The first kappa shape index (κ1) is 24.7. The lowest BCUT2D eigenvalue weighted by atomic mass is 9.91. The number of aromatic amines is 2. The molecule has 0 aliphatic heterocycles. The van der Waals surface area contributed by atoms with Gasteiger partial charge in [0.15, 0.2) is 11.6 Å². The van der Waals surface area contributed by atoms with Crippen LogP contribution in [0.5, 0.6) is 0 Å². The molecule has 11 heteroatoms. The molecule has 1 aromatic carbocycles. The highest BCUT2D eigenvalue weighted by atomic mass is 19.1. The van der Waals surface area contributed by atoms with Gasteiger partial charge in [0.2, 0.25) is 0 Å². The summed E-state index contributed by atoms with van der Waals surface area (Å²) in [5, 5.41) is 21.1. The molecule has 0 aliphatic carbocycles. The monoisotopic (exact) mass is 525 g/mol. The average molecular weight is 526 g/mol. The van der Waals surface area contributed by atoms with Gasteiger partial charge in [0.05, 0.1) is 34.0 Å². The van der Waals surface area contributed by atoms with Crippen LogP contribution in [0.15, 0.2) is 55.4 Å². The fraction of sp³-hybridized carbons (Fsp3) is 0.250. The van der Waals surface area contributed by atoms with E-state index in [1.807, 2.05) is 19.2 Å². The largest absolute Gasteiger partial charge is 0.374 e. The van der Waals surface area contributed by atoms with Crippen LogP contribution in [-0.4, -0.2) is 51.0 Å². The summed E-state index contributed by atoms with van der Waals surface area (Å²) in [5.74, 6) is 0.576. The zero-order chi connectivity index (χ0) is 27.3. The minimum Gasteiger partial charge on any atom is -0.374 e. The van der Waals surface area contributed by atoms with Crippen LogP contribution in [0.1, 0.15) is 32.9 Å². The number of pyridine rings is 2. The SMILES string of the molecule is Cc1cn(-c2nccc3[nH]c(-c4n[nH]c5ccc(-c6cncc(NC(O)CC(C)(C)C)c6)c(F)c45)nc23)cn1. The van der Waals surface area contributed by atoms with Crippen molar-refractivity contribution in [3.05, 3.63) is 66.9 Å². The van der Waals surface area contributed by atoms with Crippen molar-refractivity contribution in [2.75, 3.05) is 5.32 Å². The van der Waals surface area contributed by atoms with Gasteiger partial charge in [-0.25, -0.2) is 19.3 Å². The van der Waals surface area contributed by atoms with Crippen molar-refractivity contribution in [1.82, 2.24) is 39.7 Å². The third-order valence-electron chi connectivity index (χ3n) is 6.42. The molecule has 1 unspecified atom stereocenters. The normalized spacial score (nSPS) is 12.9. The standard InChI is InChI=1S/C28H28FN9O/c1-15-13-38(14-32-15)27-24-20(7-8-31-27)34-26(35-24)25-22-19(36-37-25)6-5-18(23(22)29)16-9-17(12-30-11-16)33-21(39)10-28(2,3)4/h5-9,11-14,21,33,39H,10H2,1-4H3,(H,34,35)(H,36,37). The fourth-order valence-corrected chi connectivity index (χ4v) is 4.72. The van der Waals surface area contributed by atoms with E-state index < -0.39 is 12.0 Å². The molecule has 0 saturated heterocycles. The van der Waals surface area contributed by atoms with E-state index in [0.717, 1.165) is 11.2 Å². The summed E-state index contributed by atoms with van der Waals surface area (Å²) in [7, 11) is 0. The topological polar surface area (TPSA) is 133 Å². The number of aryl methyl sites for hydroxylation is 1. The van der Waals surface area contributed by atoms with Crippen LogP contribution in [0.4, 0.5) is 10.1 Å². The Labute approximate surface area is 223 Å². The van der Waals surface area contributed by atoms with Crippen LogP contribution in [0.3, 0.4) is 0 Å². The Morgan fingerprint density at radius 1 is 1.13 bits per heavy atom. The van der Waals surface area contributed by atoms with Crippen LogP contribution in [0, 0.1) is 18.2 Å². The number of H-pyrrole nitrogens is 2. The second-order valence-electron chi connectivity index (χ2n) is 10.8. The third-order valence-corrected chi connectivity index (χ3v) is 6.42. The van der Waals surface area contributed by atoms with Crippen molar-refractivity contribution in [3.63, 3.8) is 0 Å². The molecule has 39 heavy (non-hydrogen) atoms. The molecule has 10 nitrogen and oxygen atoms in total. The van der Waals surface area contributed by atoms with E-state index in [4.69, 9.17) is 4.98 Å². The number of halogens is 1. The van der Waals surface area contributed by atoms with Gasteiger partial charge in [0.25, 0.3) is 0 Å². The molecule has 5 heterocycles. The van der Waals surface area contributed by atoms with E-state index in [0.29, 0.717) is 57.0 Å². The molecule has 0 fully saturated rings. The molecule has 0 spiro atoms. The first-order valence-corrected chi connectivity index (χ1v) is 12.6. The number of imidazole rings is 2. The summed E-state index contributed by atoms with van der Waals surface area (Å²) in [6.07, 6.45) is 8.22. The number of hydrogen-bond acceptors (Lipinski definition) is 7. The Bertz CT molecular complexity index is 1810. The summed E-state index contributed by atoms with van der Waals surface area (Å²) in [5.41, 5.74) is 4.59. The van der Waals surface area contributed by atoms with E-state index in [1.54, 1.807) is 47.7 Å². The lowest BCUT2D eigenvalue weighted by Crippen LogP contribution is -2.25. The molecule has 6 aromatic rings. The first-order valence-electron chi connectivity index (χ1n) is 12.6. The van der Waals surface area contributed by atoms with Crippen molar-refractivity contribution >= 4 is 27.6 Å². The summed E-state index contributed by atoms with van der Waals surface area (Å²) in [6, 6.07) is 7.06. The molecule has 4 N–H and O–H groups in total. The maximum atomic E-state index is 16.1. The molecule has 6 rings (SSSR count). The van der Waals surface area contributed by atoms with Crippen LogP contribution in [0.2, 0.25) is 0 Å². The van der Waals surface area contributed by atoms with Gasteiger partial charge < -0.3 is 15.4 Å². The number of hydrogen-bond donors (Lipinski definition) is 4. The van der Waals surface area contributed by atoms with Crippen molar-refractivity contribution in [2.24, 2.45) is 5.41 Å². The van der Waals surface area contributed by atoms with Gasteiger partial charge in [0.1, 0.15) is 29.6 Å². The van der Waals surface area contributed by atoms with Gasteiger partial charge in [-0.2, -0.15) is 5.10 Å². The number of anilines is 1. The van der Waals surface area contributed by atoms with Crippen molar-refractivity contribution in [3.8, 4) is 28.5 Å². The van der Waals surface area contributed by atoms with Crippen molar-refractivity contribution in [1.29, 1.82) is 0 Å². The predicted molar refractivity (Wildman–Crippen MR) is 148 cm³/mol. The Kier molecular flexibility index (Phi) is 5.87. The van der Waals surface area contributed by atoms with Crippen LogP contribution < -0.4 is 5.32 Å². The highest BCUT2D eigenvalue weighted by molar-refractivity contribution is 5.97. The number of nitrogens with one attached hydrogen (secondary N) is 3. The summed E-state index contributed by atoms with van der Waals surface area (Å²) in [6.45, 7) is 8.06. The Balaban J connectivity index is 1.40. The molecule has 1 atom stereocenters. The highest BCUT2D eigenvalue weighted by Crippen LogP contribution is 2.35. The van der Waals surface area contributed by atoms with E-state index in [2.05, 4.69) is 56.2 Å². The summed E-state index contributed by atoms with van der Waals surface area (Å²) >= 11 is 0. The Hall–Kier alpha value is -4.64. The van der Waals surface area contributed by atoms with E-state index in [-0.39, 0.29) is 5.41 Å². The van der Waals surface area contributed by atoms with Gasteiger partial charge in [-0.05, 0) is 43.0 Å². The quantitative estimate of drug-likeness (QED) is 0.215. The molecule has 0 radical (unpaired) electrons.